The smallest absolute Gasteiger partial charge is 0.257 e. The Morgan fingerprint density at radius 2 is 1.53 bits per heavy atom. The predicted octanol–water partition coefficient (Wildman–Crippen LogP) is 5.51. The van der Waals surface area contributed by atoms with Gasteiger partial charge in [-0.2, -0.15) is 0 Å². The van der Waals surface area contributed by atoms with Crippen LogP contribution in [0.25, 0.3) is 0 Å². The number of amides is 2. The first-order valence-corrected chi connectivity index (χ1v) is 10.8. The lowest BCUT2D eigenvalue weighted by atomic mass is 10.2. The van der Waals surface area contributed by atoms with Gasteiger partial charge in [-0.15, -0.1) is 0 Å². The molecule has 0 radical (unpaired) electrons. The first-order valence-electron chi connectivity index (χ1n) is 9.97. The number of nitrogens with one attached hydrogen (secondary N) is 3. The Morgan fingerprint density at radius 1 is 0.875 bits per heavy atom. The van der Waals surface area contributed by atoms with Crippen LogP contribution in [0.3, 0.4) is 0 Å². The van der Waals surface area contributed by atoms with Crippen molar-refractivity contribution in [2.45, 2.75) is 13.3 Å². The number of ether oxygens (including phenoxy) is 1. The molecule has 0 heterocycles. The number of rotatable bonds is 7. The number of halogens is 1. The van der Waals surface area contributed by atoms with Crippen LogP contribution in [-0.4, -0.2) is 23.5 Å². The zero-order chi connectivity index (χ0) is 22.9. The molecule has 2 amide bonds. The molecular weight excluding hydrogens is 446 g/mol. The second kappa shape index (κ2) is 11.3. The fourth-order valence-corrected chi connectivity index (χ4v) is 3.19. The average molecular weight is 468 g/mol. The summed E-state index contributed by atoms with van der Waals surface area (Å²) in [6.45, 7) is 2.59. The van der Waals surface area contributed by atoms with Gasteiger partial charge in [0.25, 0.3) is 11.8 Å². The SMILES string of the molecule is CCCOc1cccc(C(=O)NC(=S)Nc2cccc(C(=O)Nc3cccc(Cl)c3)c2)c1. The second-order valence-corrected chi connectivity index (χ2v) is 7.67. The van der Waals surface area contributed by atoms with Crippen molar-refractivity contribution < 1.29 is 14.3 Å². The van der Waals surface area contributed by atoms with Crippen molar-refractivity contribution in [1.29, 1.82) is 0 Å². The van der Waals surface area contributed by atoms with Gasteiger partial charge in [0.15, 0.2) is 5.11 Å². The molecule has 164 valence electrons. The molecule has 3 rings (SSSR count). The van der Waals surface area contributed by atoms with Crippen LogP contribution in [-0.2, 0) is 0 Å². The summed E-state index contributed by atoms with van der Waals surface area (Å²) in [5.41, 5.74) is 2.00. The van der Waals surface area contributed by atoms with E-state index in [2.05, 4.69) is 16.0 Å². The monoisotopic (exact) mass is 467 g/mol. The van der Waals surface area contributed by atoms with Crippen LogP contribution in [0.4, 0.5) is 11.4 Å². The van der Waals surface area contributed by atoms with E-state index in [1.807, 2.05) is 6.92 Å². The van der Waals surface area contributed by atoms with Gasteiger partial charge in [-0.25, -0.2) is 0 Å². The Labute approximate surface area is 196 Å². The molecule has 0 aliphatic rings. The Bertz CT molecular complexity index is 1140. The van der Waals surface area contributed by atoms with Crippen LogP contribution in [0.15, 0.2) is 72.8 Å². The largest absolute Gasteiger partial charge is 0.494 e. The van der Waals surface area contributed by atoms with Crippen LogP contribution in [0.1, 0.15) is 34.1 Å². The second-order valence-electron chi connectivity index (χ2n) is 6.83. The number of hydrogen-bond donors (Lipinski definition) is 3. The fourth-order valence-electron chi connectivity index (χ4n) is 2.79. The summed E-state index contributed by atoms with van der Waals surface area (Å²) in [6, 6.07) is 20.5. The molecule has 8 heteroatoms. The van der Waals surface area contributed by atoms with Gasteiger partial charge in [0.1, 0.15) is 5.75 Å². The summed E-state index contributed by atoms with van der Waals surface area (Å²) in [4.78, 5) is 25.0. The fraction of sp³-hybridized carbons (Fsp3) is 0.125. The van der Waals surface area contributed by atoms with Crippen molar-refractivity contribution >= 4 is 52.1 Å². The van der Waals surface area contributed by atoms with Crippen molar-refractivity contribution in [2.75, 3.05) is 17.2 Å². The quantitative estimate of drug-likeness (QED) is 0.399. The molecule has 3 aromatic carbocycles. The summed E-state index contributed by atoms with van der Waals surface area (Å²) < 4.78 is 5.56. The zero-order valence-corrected chi connectivity index (χ0v) is 18.9. The molecule has 0 saturated heterocycles. The highest BCUT2D eigenvalue weighted by atomic mass is 35.5. The van der Waals surface area contributed by atoms with Gasteiger partial charge in [0.2, 0.25) is 0 Å². The van der Waals surface area contributed by atoms with Crippen molar-refractivity contribution in [3.8, 4) is 5.75 Å². The maximum Gasteiger partial charge on any atom is 0.257 e. The minimum atomic E-state index is -0.362. The molecule has 0 saturated carbocycles. The van der Waals surface area contributed by atoms with E-state index < -0.39 is 0 Å². The molecule has 0 atom stereocenters. The molecule has 0 spiro atoms. The number of thiocarbonyl (C=S) groups is 1. The summed E-state index contributed by atoms with van der Waals surface area (Å²) in [5.74, 6) is -0.0362. The number of carbonyl (C=O) groups excluding carboxylic acids is 2. The van der Waals surface area contributed by atoms with E-state index in [1.165, 1.54) is 0 Å². The summed E-state index contributed by atoms with van der Waals surface area (Å²) in [7, 11) is 0. The van der Waals surface area contributed by atoms with Crippen LogP contribution < -0.4 is 20.7 Å². The van der Waals surface area contributed by atoms with Crippen LogP contribution in [0.2, 0.25) is 5.02 Å². The van der Waals surface area contributed by atoms with Gasteiger partial charge in [-0.1, -0.05) is 36.7 Å². The lowest BCUT2D eigenvalue weighted by Crippen LogP contribution is -2.34. The maximum atomic E-state index is 12.5. The molecule has 32 heavy (non-hydrogen) atoms. The Kier molecular flexibility index (Phi) is 8.19. The standard InChI is InChI=1S/C24H22ClN3O3S/c1-2-12-31-21-11-4-7-17(14-21)23(30)28-24(32)27-19-9-3-6-16(13-19)22(29)26-20-10-5-8-18(25)15-20/h3-11,13-15H,2,12H2,1H3,(H,26,29)(H2,27,28,30,32). The van der Waals surface area contributed by atoms with Crippen LogP contribution in [0, 0.1) is 0 Å². The zero-order valence-electron chi connectivity index (χ0n) is 17.4. The van der Waals surface area contributed by atoms with E-state index in [4.69, 9.17) is 28.6 Å². The van der Waals surface area contributed by atoms with Gasteiger partial charge in [-0.3, -0.25) is 14.9 Å². The lowest BCUT2D eigenvalue weighted by Gasteiger charge is -2.12. The lowest BCUT2D eigenvalue weighted by molar-refractivity contribution is 0.0975. The first-order chi connectivity index (χ1) is 15.4. The van der Waals surface area contributed by atoms with Gasteiger partial charge in [-0.05, 0) is 73.2 Å². The van der Waals surface area contributed by atoms with E-state index in [-0.39, 0.29) is 16.9 Å². The summed E-state index contributed by atoms with van der Waals surface area (Å²) >= 11 is 11.2. The highest BCUT2D eigenvalue weighted by Gasteiger charge is 2.11. The van der Waals surface area contributed by atoms with E-state index >= 15 is 0 Å². The van der Waals surface area contributed by atoms with Crippen molar-refractivity contribution in [3.63, 3.8) is 0 Å². The number of anilines is 2. The molecular formula is C24H22ClN3O3S. The highest BCUT2D eigenvalue weighted by molar-refractivity contribution is 7.80. The molecule has 6 nitrogen and oxygen atoms in total. The van der Waals surface area contributed by atoms with Crippen molar-refractivity contribution in [3.05, 3.63) is 88.9 Å². The predicted molar refractivity (Wildman–Crippen MR) is 132 cm³/mol. The van der Waals surface area contributed by atoms with Crippen LogP contribution in [0.5, 0.6) is 5.75 Å². The van der Waals surface area contributed by atoms with E-state index in [0.29, 0.717) is 39.9 Å². The Balaban J connectivity index is 1.60. The molecule has 0 fully saturated rings. The number of hydrogen-bond acceptors (Lipinski definition) is 4. The van der Waals surface area contributed by atoms with Crippen molar-refractivity contribution in [2.24, 2.45) is 0 Å². The normalized spacial score (nSPS) is 10.2. The van der Waals surface area contributed by atoms with Gasteiger partial charge < -0.3 is 15.4 Å². The van der Waals surface area contributed by atoms with Crippen molar-refractivity contribution in [1.82, 2.24) is 5.32 Å². The maximum absolute atomic E-state index is 12.5. The van der Waals surface area contributed by atoms with Gasteiger partial charge in [0, 0.05) is 27.5 Å². The topological polar surface area (TPSA) is 79.5 Å². The number of benzene rings is 3. The van der Waals surface area contributed by atoms with E-state index in [1.54, 1.807) is 72.8 Å². The average Bonchev–Trinajstić information content (AvgIpc) is 2.78. The minimum absolute atomic E-state index is 0.113. The molecule has 0 aliphatic carbocycles. The van der Waals surface area contributed by atoms with Gasteiger partial charge in [0.05, 0.1) is 6.61 Å². The van der Waals surface area contributed by atoms with E-state index in [0.717, 1.165) is 6.42 Å². The summed E-state index contributed by atoms with van der Waals surface area (Å²) in [5, 5.41) is 8.99. The molecule has 0 unspecified atom stereocenters. The third-order valence-electron chi connectivity index (χ3n) is 4.26. The third kappa shape index (κ3) is 6.80. The Morgan fingerprint density at radius 3 is 2.25 bits per heavy atom. The molecule has 3 N–H and O–H groups in total. The van der Waals surface area contributed by atoms with Crippen LogP contribution >= 0.6 is 23.8 Å². The number of carbonyl (C=O) groups is 2. The molecule has 3 aromatic rings. The highest BCUT2D eigenvalue weighted by Crippen LogP contribution is 2.18. The Hall–Kier alpha value is -3.42. The van der Waals surface area contributed by atoms with Gasteiger partial charge >= 0.3 is 0 Å². The summed E-state index contributed by atoms with van der Waals surface area (Å²) in [6.07, 6.45) is 0.876. The minimum Gasteiger partial charge on any atom is -0.494 e. The van der Waals surface area contributed by atoms with E-state index in [9.17, 15) is 9.59 Å². The molecule has 0 aromatic heterocycles. The molecule has 0 bridgehead atoms. The molecule has 0 aliphatic heterocycles. The third-order valence-corrected chi connectivity index (χ3v) is 4.70. The first kappa shape index (κ1) is 23.2.